The number of esters is 1. The van der Waals surface area contributed by atoms with Crippen molar-refractivity contribution >= 4 is 29.2 Å². The molecule has 0 radical (unpaired) electrons. The summed E-state index contributed by atoms with van der Waals surface area (Å²) in [6.07, 6.45) is 2.16. The minimum atomic E-state index is -0.313. The molecule has 1 saturated heterocycles. The standard InChI is InChI=1S/C26H30ClN3O4/c1-3-34-26(32)18-9-8-14-29(16-18)17-25(31)30-23(19-10-4-6-12-21(19)27)15-22(28-30)20-11-5-7-13-24(20)33-2/h4-7,10-13,18,23H,3,8-9,14-17H2,1-2H3/t18-,23-/m1/s1. The fourth-order valence-electron chi connectivity index (χ4n) is 4.69. The van der Waals surface area contributed by atoms with Gasteiger partial charge in [0.25, 0.3) is 5.91 Å². The van der Waals surface area contributed by atoms with E-state index in [1.807, 2.05) is 60.4 Å². The van der Waals surface area contributed by atoms with Crippen LogP contribution in [0.3, 0.4) is 0 Å². The first kappa shape index (κ1) is 24.2. The summed E-state index contributed by atoms with van der Waals surface area (Å²) in [6.45, 7) is 3.62. The lowest BCUT2D eigenvalue weighted by atomic mass is 9.97. The van der Waals surface area contributed by atoms with Crippen LogP contribution in [0.2, 0.25) is 5.02 Å². The summed E-state index contributed by atoms with van der Waals surface area (Å²) in [5.41, 5.74) is 2.49. The number of ether oxygens (including phenoxy) is 2. The maximum absolute atomic E-state index is 13.5. The number of para-hydroxylation sites is 1. The third kappa shape index (κ3) is 5.26. The molecule has 8 heteroatoms. The molecule has 0 bridgehead atoms. The van der Waals surface area contributed by atoms with Crippen molar-refractivity contribution in [1.82, 2.24) is 9.91 Å². The lowest BCUT2D eigenvalue weighted by molar-refractivity contribution is -0.150. The SMILES string of the molecule is CCOC(=O)[C@@H]1CCCN(CC(=O)N2N=C(c3ccccc3OC)C[C@@H]2c2ccccc2Cl)C1. The molecule has 34 heavy (non-hydrogen) atoms. The Hall–Kier alpha value is -2.90. The van der Waals surface area contributed by atoms with Crippen molar-refractivity contribution in [3.05, 3.63) is 64.7 Å². The third-order valence-electron chi connectivity index (χ3n) is 6.33. The zero-order valence-corrected chi connectivity index (χ0v) is 20.3. The summed E-state index contributed by atoms with van der Waals surface area (Å²) in [5, 5.41) is 6.91. The number of rotatable bonds is 7. The topological polar surface area (TPSA) is 71.4 Å². The van der Waals surface area contributed by atoms with Gasteiger partial charge in [-0.2, -0.15) is 5.10 Å². The molecular weight excluding hydrogens is 454 g/mol. The lowest BCUT2D eigenvalue weighted by Gasteiger charge is -2.32. The van der Waals surface area contributed by atoms with E-state index in [2.05, 4.69) is 0 Å². The maximum Gasteiger partial charge on any atom is 0.310 e. The van der Waals surface area contributed by atoms with E-state index in [4.69, 9.17) is 26.2 Å². The van der Waals surface area contributed by atoms with Crippen LogP contribution in [0.15, 0.2) is 53.6 Å². The van der Waals surface area contributed by atoms with Crippen molar-refractivity contribution < 1.29 is 19.1 Å². The van der Waals surface area contributed by atoms with Crippen LogP contribution in [0, 0.1) is 5.92 Å². The number of hydrogen-bond donors (Lipinski definition) is 0. The zero-order chi connectivity index (χ0) is 24.1. The van der Waals surface area contributed by atoms with Crippen LogP contribution in [0.25, 0.3) is 0 Å². The molecule has 180 valence electrons. The van der Waals surface area contributed by atoms with Gasteiger partial charge in [-0.3, -0.25) is 14.5 Å². The molecule has 1 fully saturated rings. The summed E-state index contributed by atoms with van der Waals surface area (Å²) in [5.74, 6) is 0.194. The molecule has 4 rings (SSSR count). The molecule has 2 heterocycles. The number of amides is 1. The van der Waals surface area contributed by atoms with Crippen molar-refractivity contribution in [2.45, 2.75) is 32.2 Å². The first-order chi connectivity index (χ1) is 16.5. The Kier molecular flexibility index (Phi) is 7.85. The highest BCUT2D eigenvalue weighted by atomic mass is 35.5. The molecule has 2 aromatic rings. The smallest absolute Gasteiger partial charge is 0.310 e. The third-order valence-corrected chi connectivity index (χ3v) is 6.68. The second kappa shape index (κ2) is 11.0. The molecule has 0 aliphatic carbocycles. The Morgan fingerprint density at radius 3 is 2.68 bits per heavy atom. The van der Waals surface area contributed by atoms with Gasteiger partial charge >= 0.3 is 5.97 Å². The molecule has 2 atom stereocenters. The fourth-order valence-corrected chi connectivity index (χ4v) is 4.95. The Morgan fingerprint density at radius 1 is 1.15 bits per heavy atom. The van der Waals surface area contributed by atoms with Gasteiger partial charge in [-0.25, -0.2) is 5.01 Å². The van der Waals surface area contributed by atoms with Crippen molar-refractivity contribution in [2.24, 2.45) is 11.0 Å². The number of hydrazone groups is 1. The summed E-state index contributed by atoms with van der Waals surface area (Å²) >= 11 is 6.53. The van der Waals surface area contributed by atoms with Crippen LogP contribution in [0.5, 0.6) is 5.75 Å². The normalized spacial score (nSPS) is 20.7. The van der Waals surface area contributed by atoms with Gasteiger partial charge in [-0.1, -0.05) is 41.9 Å². The molecule has 0 saturated carbocycles. The van der Waals surface area contributed by atoms with Crippen LogP contribution in [0.4, 0.5) is 0 Å². The lowest BCUT2D eigenvalue weighted by Crippen LogP contribution is -2.44. The highest BCUT2D eigenvalue weighted by molar-refractivity contribution is 6.31. The van der Waals surface area contributed by atoms with Crippen LogP contribution >= 0.6 is 11.6 Å². The number of likely N-dealkylation sites (tertiary alicyclic amines) is 1. The summed E-state index contributed by atoms with van der Waals surface area (Å²) < 4.78 is 10.7. The van der Waals surface area contributed by atoms with E-state index in [0.29, 0.717) is 30.3 Å². The predicted molar refractivity (Wildman–Crippen MR) is 131 cm³/mol. The molecule has 0 unspecified atom stereocenters. The first-order valence-corrected chi connectivity index (χ1v) is 12.1. The number of carbonyl (C=O) groups is 2. The number of carbonyl (C=O) groups excluding carboxylic acids is 2. The average Bonchev–Trinajstić information content (AvgIpc) is 3.30. The molecule has 1 amide bonds. The summed E-state index contributed by atoms with van der Waals surface area (Å²) in [4.78, 5) is 27.8. The quantitative estimate of drug-likeness (QED) is 0.549. The Balaban J connectivity index is 1.58. The maximum atomic E-state index is 13.5. The van der Waals surface area contributed by atoms with Gasteiger partial charge in [0, 0.05) is 23.6 Å². The van der Waals surface area contributed by atoms with Gasteiger partial charge in [-0.05, 0) is 50.1 Å². The van der Waals surface area contributed by atoms with E-state index < -0.39 is 0 Å². The van der Waals surface area contributed by atoms with E-state index in [0.717, 1.165) is 36.2 Å². The number of nitrogens with zero attached hydrogens (tertiary/aromatic N) is 3. The average molecular weight is 484 g/mol. The van der Waals surface area contributed by atoms with E-state index >= 15 is 0 Å². The molecule has 2 aromatic carbocycles. The van der Waals surface area contributed by atoms with Crippen molar-refractivity contribution in [2.75, 3.05) is 33.4 Å². The van der Waals surface area contributed by atoms with Crippen molar-refractivity contribution in [1.29, 1.82) is 0 Å². The Labute approximate surface area is 205 Å². The van der Waals surface area contributed by atoms with Gasteiger partial charge in [0.2, 0.25) is 0 Å². The second-order valence-electron chi connectivity index (χ2n) is 8.55. The van der Waals surface area contributed by atoms with Gasteiger partial charge in [0.15, 0.2) is 0 Å². The molecule has 7 nitrogen and oxygen atoms in total. The summed E-state index contributed by atoms with van der Waals surface area (Å²) in [7, 11) is 1.62. The number of piperidine rings is 1. The molecule has 0 aromatic heterocycles. The van der Waals surface area contributed by atoms with E-state index in [1.54, 1.807) is 12.1 Å². The highest BCUT2D eigenvalue weighted by Crippen LogP contribution is 2.38. The minimum absolute atomic E-state index is 0.126. The van der Waals surface area contributed by atoms with E-state index in [1.165, 1.54) is 0 Å². The summed E-state index contributed by atoms with van der Waals surface area (Å²) in [6, 6.07) is 14.9. The van der Waals surface area contributed by atoms with Gasteiger partial charge < -0.3 is 9.47 Å². The fraction of sp³-hybridized carbons (Fsp3) is 0.423. The number of halogens is 1. The monoisotopic (exact) mass is 483 g/mol. The van der Waals surface area contributed by atoms with Crippen LogP contribution < -0.4 is 4.74 Å². The molecule has 2 aliphatic heterocycles. The minimum Gasteiger partial charge on any atom is -0.496 e. The van der Waals surface area contributed by atoms with E-state index in [9.17, 15) is 9.59 Å². The molecular formula is C26H30ClN3O4. The number of hydrogen-bond acceptors (Lipinski definition) is 6. The molecule has 2 aliphatic rings. The molecule has 0 spiro atoms. The number of methoxy groups -OCH3 is 1. The zero-order valence-electron chi connectivity index (χ0n) is 19.6. The van der Waals surface area contributed by atoms with Crippen LogP contribution in [0.1, 0.15) is 43.4 Å². The highest BCUT2D eigenvalue weighted by Gasteiger charge is 2.36. The first-order valence-electron chi connectivity index (χ1n) is 11.7. The van der Waals surface area contributed by atoms with Gasteiger partial charge in [0.05, 0.1) is 37.9 Å². The Morgan fingerprint density at radius 2 is 1.91 bits per heavy atom. The number of benzene rings is 2. The van der Waals surface area contributed by atoms with Crippen LogP contribution in [-0.2, 0) is 14.3 Å². The molecule has 0 N–H and O–H groups in total. The predicted octanol–water partition coefficient (Wildman–Crippen LogP) is 4.30. The van der Waals surface area contributed by atoms with Crippen molar-refractivity contribution in [3.8, 4) is 5.75 Å². The van der Waals surface area contributed by atoms with Crippen molar-refractivity contribution in [3.63, 3.8) is 0 Å². The van der Waals surface area contributed by atoms with E-state index in [-0.39, 0.29) is 30.4 Å². The second-order valence-corrected chi connectivity index (χ2v) is 8.96. The van der Waals surface area contributed by atoms with Gasteiger partial charge in [-0.15, -0.1) is 0 Å². The van der Waals surface area contributed by atoms with Gasteiger partial charge in [0.1, 0.15) is 5.75 Å². The van der Waals surface area contributed by atoms with Crippen LogP contribution in [-0.4, -0.2) is 60.8 Å². The largest absolute Gasteiger partial charge is 0.496 e. The Bertz CT molecular complexity index is 1070.